The van der Waals surface area contributed by atoms with Crippen molar-refractivity contribution in [3.63, 3.8) is 0 Å². The quantitative estimate of drug-likeness (QED) is 0.789. The van der Waals surface area contributed by atoms with Crippen LogP contribution >= 0.6 is 0 Å². The van der Waals surface area contributed by atoms with Crippen LogP contribution < -0.4 is 5.32 Å². The number of carbonyl (C=O) groups is 1. The number of carboxylic acid groups (broad SMARTS) is 1. The molecule has 1 aromatic rings. The van der Waals surface area contributed by atoms with Crippen LogP contribution in [-0.4, -0.2) is 61.3 Å². The fraction of sp³-hybridized carbons (Fsp3) is 0.588. The van der Waals surface area contributed by atoms with Gasteiger partial charge in [0.15, 0.2) is 0 Å². The summed E-state index contributed by atoms with van der Waals surface area (Å²) in [6, 6.07) is 4.41. The Morgan fingerprint density at radius 1 is 1.48 bits per heavy atom. The van der Waals surface area contributed by atoms with Gasteiger partial charge in [-0.25, -0.2) is 9.18 Å². The normalized spacial score (nSPS) is 21.2. The molecule has 2 N–H and O–H groups in total. The number of nitrogens with zero attached hydrogens (tertiary/aromatic N) is 2. The Morgan fingerprint density at radius 3 is 2.83 bits per heavy atom. The molecule has 1 aromatic carbocycles. The molecule has 0 radical (unpaired) electrons. The number of halogens is 1. The highest BCUT2D eigenvalue weighted by atomic mass is 19.1. The van der Waals surface area contributed by atoms with Crippen LogP contribution in [0.1, 0.15) is 23.6 Å². The van der Waals surface area contributed by atoms with Gasteiger partial charge in [-0.3, -0.25) is 0 Å². The van der Waals surface area contributed by atoms with E-state index in [-0.39, 0.29) is 17.8 Å². The van der Waals surface area contributed by atoms with Crippen molar-refractivity contribution in [2.45, 2.75) is 19.4 Å². The largest absolute Gasteiger partial charge is 0.465 e. The molecule has 1 fully saturated rings. The highest BCUT2D eigenvalue weighted by molar-refractivity contribution is 5.66. The molecule has 0 spiro atoms. The fourth-order valence-electron chi connectivity index (χ4n) is 3.27. The molecule has 0 saturated carbocycles. The second-order valence-electron chi connectivity index (χ2n) is 6.48. The molecule has 1 heterocycles. The number of rotatable bonds is 6. The smallest absolute Gasteiger partial charge is 0.407 e. The number of benzene rings is 1. The zero-order valence-electron chi connectivity index (χ0n) is 14.1. The SMILES string of the molecule is Cc1cc(F)ccc1[C@H]1[C@H](CNCCN(C)C)CCN1C(=O)O. The molecule has 0 aromatic heterocycles. The number of hydrogen-bond acceptors (Lipinski definition) is 3. The van der Waals surface area contributed by atoms with Gasteiger partial charge in [-0.05, 0) is 56.6 Å². The van der Waals surface area contributed by atoms with Crippen LogP contribution in [-0.2, 0) is 0 Å². The lowest BCUT2D eigenvalue weighted by Crippen LogP contribution is -2.35. The van der Waals surface area contributed by atoms with Crippen molar-refractivity contribution in [3.8, 4) is 0 Å². The van der Waals surface area contributed by atoms with Crippen LogP contribution in [0.5, 0.6) is 0 Å². The summed E-state index contributed by atoms with van der Waals surface area (Å²) in [5.41, 5.74) is 1.71. The van der Waals surface area contributed by atoms with Gasteiger partial charge < -0.3 is 20.2 Å². The van der Waals surface area contributed by atoms with E-state index in [0.29, 0.717) is 6.54 Å². The summed E-state index contributed by atoms with van der Waals surface area (Å²) in [6.45, 7) is 4.94. The van der Waals surface area contributed by atoms with Gasteiger partial charge in [0.25, 0.3) is 0 Å². The number of nitrogens with one attached hydrogen (secondary N) is 1. The number of likely N-dealkylation sites (N-methyl/N-ethyl adjacent to an activating group) is 1. The van der Waals surface area contributed by atoms with E-state index in [0.717, 1.165) is 37.2 Å². The predicted molar refractivity (Wildman–Crippen MR) is 88.1 cm³/mol. The van der Waals surface area contributed by atoms with Crippen molar-refractivity contribution in [2.24, 2.45) is 5.92 Å². The first kappa shape index (κ1) is 17.7. The third kappa shape index (κ3) is 4.42. The van der Waals surface area contributed by atoms with Crippen molar-refractivity contribution >= 4 is 6.09 Å². The summed E-state index contributed by atoms with van der Waals surface area (Å²) < 4.78 is 13.4. The highest BCUT2D eigenvalue weighted by Gasteiger charge is 2.38. The highest BCUT2D eigenvalue weighted by Crippen LogP contribution is 2.38. The summed E-state index contributed by atoms with van der Waals surface area (Å²) in [5.74, 6) is -0.0794. The molecule has 5 nitrogen and oxygen atoms in total. The van der Waals surface area contributed by atoms with Crippen molar-refractivity contribution in [1.29, 1.82) is 0 Å². The van der Waals surface area contributed by atoms with E-state index in [4.69, 9.17) is 0 Å². The maximum Gasteiger partial charge on any atom is 0.407 e. The van der Waals surface area contributed by atoms with Gasteiger partial charge in [-0.1, -0.05) is 6.07 Å². The van der Waals surface area contributed by atoms with E-state index in [1.54, 1.807) is 6.07 Å². The van der Waals surface area contributed by atoms with Gasteiger partial charge in [-0.15, -0.1) is 0 Å². The number of amides is 1. The van der Waals surface area contributed by atoms with Crippen molar-refractivity contribution < 1.29 is 14.3 Å². The summed E-state index contributed by atoms with van der Waals surface area (Å²) in [6.07, 6.45) is -0.0857. The molecule has 23 heavy (non-hydrogen) atoms. The standard InChI is InChI=1S/C17H26FN3O2/c1-12-10-14(18)4-5-15(12)16-13(6-8-21(16)17(22)23)11-19-7-9-20(2)3/h4-5,10,13,16,19H,6-9,11H2,1-3H3,(H,22,23)/t13-,16+/m0/s1. The molecule has 1 aliphatic heterocycles. The first-order chi connectivity index (χ1) is 10.9. The second kappa shape index (κ2) is 7.75. The Balaban J connectivity index is 2.13. The zero-order valence-corrected chi connectivity index (χ0v) is 14.1. The Morgan fingerprint density at radius 2 is 2.22 bits per heavy atom. The molecule has 1 saturated heterocycles. The lowest BCUT2D eigenvalue weighted by Gasteiger charge is -2.28. The van der Waals surface area contributed by atoms with Crippen LogP contribution in [0.25, 0.3) is 0 Å². The van der Waals surface area contributed by atoms with E-state index in [1.807, 2.05) is 21.0 Å². The number of aryl methyl sites for hydroxylation is 1. The lowest BCUT2D eigenvalue weighted by atomic mass is 9.91. The van der Waals surface area contributed by atoms with E-state index in [2.05, 4.69) is 10.2 Å². The molecule has 1 aliphatic rings. The predicted octanol–water partition coefficient (Wildman–Crippen LogP) is 2.33. The van der Waals surface area contributed by atoms with Crippen LogP contribution in [0.15, 0.2) is 18.2 Å². The molecule has 0 bridgehead atoms. The topological polar surface area (TPSA) is 55.8 Å². The fourth-order valence-corrected chi connectivity index (χ4v) is 3.27. The Labute approximate surface area is 137 Å². The van der Waals surface area contributed by atoms with E-state index >= 15 is 0 Å². The summed E-state index contributed by atoms with van der Waals surface area (Å²) in [5, 5.41) is 12.9. The Hall–Kier alpha value is -1.66. The van der Waals surface area contributed by atoms with Crippen LogP contribution in [0.2, 0.25) is 0 Å². The van der Waals surface area contributed by atoms with Gasteiger partial charge in [0.1, 0.15) is 5.82 Å². The van der Waals surface area contributed by atoms with Crippen molar-refractivity contribution in [2.75, 3.05) is 40.3 Å². The first-order valence-corrected chi connectivity index (χ1v) is 8.01. The molecule has 6 heteroatoms. The minimum Gasteiger partial charge on any atom is -0.465 e. The lowest BCUT2D eigenvalue weighted by molar-refractivity contribution is 0.134. The Kier molecular flexibility index (Phi) is 5.96. The van der Waals surface area contributed by atoms with Gasteiger partial charge in [0.2, 0.25) is 0 Å². The first-order valence-electron chi connectivity index (χ1n) is 8.01. The van der Waals surface area contributed by atoms with E-state index < -0.39 is 6.09 Å². The third-order valence-corrected chi connectivity index (χ3v) is 4.46. The Bertz CT molecular complexity index is 551. The number of hydrogen-bond donors (Lipinski definition) is 2. The van der Waals surface area contributed by atoms with Crippen molar-refractivity contribution in [3.05, 3.63) is 35.1 Å². The summed E-state index contributed by atoms with van der Waals surface area (Å²) in [4.78, 5) is 15.1. The zero-order chi connectivity index (χ0) is 17.0. The van der Waals surface area contributed by atoms with Gasteiger partial charge in [0, 0.05) is 26.2 Å². The third-order valence-electron chi connectivity index (χ3n) is 4.46. The van der Waals surface area contributed by atoms with E-state index in [9.17, 15) is 14.3 Å². The van der Waals surface area contributed by atoms with Crippen LogP contribution in [0.3, 0.4) is 0 Å². The van der Waals surface area contributed by atoms with E-state index in [1.165, 1.54) is 17.0 Å². The maximum absolute atomic E-state index is 13.4. The monoisotopic (exact) mass is 323 g/mol. The molecule has 128 valence electrons. The van der Waals surface area contributed by atoms with Crippen LogP contribution in [0, 0.1) is 18.7 Å². The van der Waals surface area contributed by atoms with Gasteiger partial charge in [0.05, 0.1) is 6.04 Å². The molecule has 0 aliphatic carbocycles. The van der Waals surface area contributed by atoms with Crippen LogP contribution in [0.4, 0.5) is 9.18 Å². The second-order valence-corrected chi connectivity index (χ2v) is 6.48. The van der Waals surface area contributed by atoms with Gasteiger partial charge in [-0.2, -0.15) is 0 Å². The van der Waals surface area contributed by atoms with Crippen molar-refractivity contribution in [1.82, 2.24) is 15.1 Å². The van der Waals surface area contributed by atoms with Gasteiger partial charge >= 0.3 is 6.09 Å². The molecule has 1 amide bonds. The minimum absolute atomic E-state index is 0.206. The average molecular weight is 323 g/mol. The minimum atomic E-state index is -0.908. The summed E-state index contributed by atoms with van der Waals surface area (Å²) >= 11 is 0. The molecule has 2 atom stereocenters. The molecule has 0 unspecified atom stereocenters. The molecular formula is C17H26FN3O2. The summed E-state index contributed by atoms with van der Waals surface area (Å²) in [7, 11) is 4.04. The molecular weight excluding hydrogens is 297 g/mol. The molecule has 2 rings (SSSR count). The maximum atomic E-state index is 13.4. The number of likely N-dealkylation sites (tertiary alicyclic amines) is 1. The average Bonchev–Trinajstić information content (AvgIpc) is 2.87.